The van der Waals surface area contributed by atoms with Gasteiger partial charge < -0.3 is 19.6 Å². The van der Waals surface area contributed by atoms with Gasteiger partial charge in [0.1, 0.15) is 0 Å². The van der Waals surface area contributed by atoms with Crippen molar-refractivity contribution in [1.82, 2.24) is 14.7 Å². The average Bonchev–Trinajstić information content (AvgIpc) is 2.81. The minimum atomic E-state index is -0.233. The zero-order valence-corrected chi connectivity index (χ0v) is 19.0. The van der Waals surface area contributed by atoms with Crippen LogP contribution in [0.2, 0.25) is 0 Å². The summed E-state index contributed by atoms with van der Waals surface area (Å²) in [6, 6.07) is 16.5. The second-order valence-corrected chi connectivity index (χ2v) is 9.30. The van der Waals surface area contributed by atoms with Crippen LogP contribution in [-0.2, 0) is 14.3 Å². The number of aliphatic hydroxyl groups excluding tert-OH is 1. The molecular formula is C26H31N3O4. The maximum Gasteiger partial charge on any atom is 0.242 e. The summed E-state index contributed by atoms with van der Waals surface area (Å²) in [4.78, 5) is 31.4. The lowest BCUT2D eigenvalue weighted by Gasteiger charge is -2.58. The molecule has 1 N–H and O–H groups in total. The highest BCUT2D eigenvalue weighted by Crippen LogP contribution is 2.43. The summed E-state index contributed by atoms with van der Waals surface area (Å²) < 4.78 is 5.36. The van der Waals surface area contributed by atoms with Gasteiger partial charge in [0.2, 0.25) is 11.8 Å². The average molecular weight is 450 g/mol. The number of piperazine rings is 1. The van der Waals surface area contributed by atoms with Crippen LogP contribution in [0.15, 0.2) is 48.5 Å². The van der Waals surface area contributed by atoms with Crippen LogP contribution in [0.3, 0.4) is 0 Å². The topological polar surface area (TPSA) is 73.3 Å². The fraction of sp³-hybridized carbons (Fsp3) is 0.462. The Labute approximate surface area is 194 Å². The zero-order valence-electron chi connectivity index (χ0n) is 19.0. The number of carbonyl (C=O) groups excluding carboxylic acids is 2. The minimum Gasteiger partial charge on any atom is -0.394 e. The molecule has 0 aliphatic carbocycles. The number of morpholine rings is 1. The van der Waals surface area contributed by atoms with Crippen LogP contribution in [0.25, 0.3) is 11.1 Å². The Morgan fingerprint density at radius 3 is 2.55 bits per heavy atom. The normalized spacial score (nSPS) is 25.5. The van der Waals surface area contributed by atoms with Crippen molar-refractivity contribution in [2.75, 3.05) is 52.5 Å². The number of aryl methyl sites for hydroxylation is 1. The summed E-state index contributed by atoms with van der Waals surface area (Å²) in [5.41, 5.74) is 4.63. The van der Waals surface area contributed by atoms with Crippen molar-refractivity contribution in [3.63, 3.8) is 0 Å². The molecule has 3 heterocycles. The van der Waals surface area contributed by atoms with Crippen LogP contribution in [0.1, 0.15) is 17.0 Å². The third-order valence-electron chi connectivity index (χ3n) is 7.21. The number of rotatable bonds is 5. The van der Waals surface area contributed by atoms with E-state index in [1.54, 1.807) is 9.80 Å². The van der Waals surface area contributed by atoms with E-state index in [0.717, 1.165) is 24.2 Å². The van der Waals surface area contributed by atoms with Gasteiger partial charge in [-0.2, -0.15) is 0 Å². The summed E-state index contributed by atoms with van der Waals surface area (Å²) in [5, 5.41) is 10.0. The predicted molar refractivity (Wildman–Crippen MR) is 125 cm³/mol. The number of benzene rings is 2. The van der Waals surface area contributed by atoms with Crippen molar-refractivity contribution < 1.29 is 19.4 Å². The largest absolute Gasteiger partial charge is 0.394 e. The van der Waals surface area contributed by atoms with Gasteiger partial charge in [-0.1, -0.05) is 54.1 Å². The molecule has 7 heteroatoms. The second-order valence-electron chi connectivity index (χ2n) is 9.30. The molecule has 0 bridgehead atoms. The summed E-state index contributed by atoms with van der Waals surface area (Å²) in [7, 11) is 0. The van der Waals surface area contributed by atoms with E-state index in [0.29, 0.717) is 26.3 Å². The molecule has 2 amide bonds. The summed E-state index contributed by atoms with van der Waals surface area (Å²) in [5.74, 6) is -0.0661. The number of nitrogens with zero attached hydrogens (tertiary/aromatic N) is 3. The molecule has 0 unspecified atom stereocenters. The predicted octanol–water partition coefficient (Wildman–Crippen LogP) is 1.49. The van der Waals surface area contributed by atoms with E-state index < -0.39 is 0 Å². The highest BCUT2D eigenvalue weighted by atomic mass is 16.5. The van der Waals surface area contributed by atoms with Crippen LogP contribution in [0, 0.1) is 6.92 Å². The standard InChI is InChI=1S/C26H31N3O4/c1-18-3-2-4-21(13-18)19-5-7-20(8-6-19)26-22-14-28(16-25(32)29(22)23(26)17-30)24(31)15-27-9-11-33-12-10-27/h2-8,13,22-23,26,30H,9-12,14-17H2,1H3/t22-,23+,26-/m1/s1. The first-order valence-electron chi connectivity index (χ1n) is 11.7. The molecule has 0 saturated carbocycles. The van der Waals surface area contributed by atoms with Gasteiger partial charge in [-0.15, -0.1) is 0 Å². The maximum absolute atomic E-state index is 12.9. The molecule has 0 aromatic heterocycles. The first-order chi connectivity index (χ1) is 16.0. The van der Waals surface area contributed by atoms with Gasteiger partial charge >= 0.3 is 0 Å². The van der Waals surface area contributed by atoms with E-state index in [1.165, 1.54) is 11.1 Å². The van der Waals surface area contributed by atoms with Crippen molar-refractivity contribution in [2.45, 2.75) is 24.9 Å². The molecule has 3 fully saturated rings. The van der Waals surface area contributed by atoms with Gasteiger partial charge in [-0.3, -0.25) is 14.5 Å². The number of fused-ring (bicyclic) bond motifs is 1. The first-order valence-corrected chi connectivity index (χ1v) is 11.7. The van der Waals surface area contributed by atoms with Crippen molar-refractivity contribution in [3.05, 3.63) is 59.7 Å². The Morgan fingerprint density at radius 2 is 1.85 bits per heavy atom. The minimum absolute atomic E-state index is 0.00843. The summed E-state index contributed by atoms with van der Waals surface area (Å²) >= 11 is 0. The number of aliphatic hydroxyl groups is 1. The molecule has 2 aromatic rings. The lowest BCUT2D eigenvalue weighted by atomic mass is 9.73. The van der Waals surface area contributed by atoms with Crippen molar-refractivity contribution >= 4 is 11.8 Å². The van der Waals surface area contributed by atoms with Crippen molar-refractivity contribution in [2.24, 2.45) is 0 Å². The van der Waals surface area contributed by atoms with Crippen molar-refractivity contribution in [3.8, 4) is 11.1 Å². The van der Waals surface area contributed by atoms with Gasteiger partial charge in [-0.25, -0.2) is 0 Å². The van der Waals surface area contributed by atoms with Crippen LogP contribution in [-0.4, -0.2) is 96.2 Å². The maximum atomic E-state index is 12.9. The van der Waals surface area contributed by atoms with E-state index in [9.17, 15) is 14.7 Å². The molecular weight excluding hydrogens is 418 g/mol. The SMILES string of the molecule is Cc1cccc(-c2ccc([C@@H]3[C@H]4CN(C(=O)CN5CCOCC5)CC(=O)N4[C@H]3CO)cc2)c1. The molecule has 3 aliphatic heterocycles. The van der Waals surface area contributed by atoms with E-state index in [4.69, 9.17) is 4.74 Å². The number of amides is 2. The molecule has 2 aromatic carbocycles. The fourth-order valence-electron chi connectivity index (χ4n) is 5.46. The number of hydrogen-bond donors (Lipinski definition) is 1. The molecule has 5 rings (SSSR count). The fourth-order valence-corrected chi connectivity index (χ4v) is 5.46. The third-order valence-corrected chi connectivity index (χ3v) is 7.21. The van der Waals surface area contributed by atoms with E-state index in [2.05, 4.69) is 60.4 Å². The van der Waals surface area contributed by atoms with Crippen LogP contribution < -0.4 is 0 Å². The van der Waals surface area contributed by atoms with Gasteiger partial charge in [0.05, 0.1) is 45.0 Å². The lowest BCUT2D eigenvalue weighted by Crippen LogP contribution is -2.73. The molecule has 0 radical (unpaired) electrons. The summed E-state index contributed by atoms with van der Waals surface area (Å²) in [6.45, 7) is 5.70. The Balaban J connectivity index is 1.31. The van der Waals surface area contributed by atoms with E-state index >= 15 is 0 Å². The molecule has 33 heavy (non-hydrogen) atoms. The van der Waals surface area contributed by atoms with Crippen LogP contribution in [0.4, 0.5) is 0 Å². The van der Waals surface area contributed by atoms with Crippen LogP contribution in [0.5, 0.6) is 0 Å². The van der Waals surface area contributed by atoms with Gasteiger partial charge in [0.25, 0.3) is 0 Å². The highest BCUT2D eigenvalue weighted by molar-refractivity contribution is 5.88. The van der Waals surface area contributed by atoms with Crippen LogP contribution >= 0.6 is 0 Å². The van der Waals surface area contributed by atoms with Gasteiger partial charge in [0, 0.05) is 25.6 Å². The smallest absolute Gasteiger partial charge is 0.242 e. The van der Waals surface area contributed by atoms with Gasteiger partial charge in [0.15, 0.2) is 0 Å². The zero-order chi connectivity index (χ0) is 22.9. The number of ether oxygens (including phenoxy) is 1. The Morgan fingerprint density at radius 1 is 1.09 bits per heavy atom. The molecule has 0 spiro atoms. The third kappa shape index (κ3) is 4.28. The highest BCUT2D eigenvalue weighted by Gasteiger charge is 2.54. The molecule has 3 saturated heterocycles. The lowest BCUT2D eigenvalue weighted by molar-refractivity contribution is -0.167. The number of hydrogen-bond acceptors (Lipinski definition) is 5. The quantitative estimate of drug-likeness (QED) is 0.749. The first kappa shape index (κ1) is 22.1. The monoisotopic (exact) mass is 449 g/mol. The summed E-state index contributed by atoms with van der Waals surface area (Å²) in [6.07, 6.45) is 0. The Hall–Kier alpha value is -2.74. The Kier molecular flexibility index (Phi) is 6.19. The Bertz CT molecular complexity index is 1020. The second kappa shape index (κ2) is 9.25. The molecule has 3 atom stereocenters. The number of carbonyl (C=O) groups is 2. The molecule has 7 nitrogen and oxygen atoms in total. The van der Waals surface area contributed by atoms with E-state index in [-0.39, 0.29) is 43.0 Å². The van der Waals surface area contributed by atoms with Gasteiger partial charge in [-0.05, 0) is 23.6 Å². The van der Waals surface area contributed by atoms with E-state index in [1.807, 2.05) is 0 Å². The van der Waals surface area contributed by atoms with Crippen molar-refractivity contribution in [1.29, 1.82) is 0 Å². The molecule has 3 aliphatic rings. The molecule has 174 valence electrons.